The highest BCUT2D eigenvalue weighted by Gasteiger charge is 2.52. The Morgan fingerprint density at radius 3 is 1.43 bits per heavy atom. The van der Waals surface area contributed by atoms with Gasteiger partial charge in [-0.2, -0.15) is 0 Å². The molecule has 0 radical (unpaired) electrons. The van der Waals surface area contributed by atoms with Gasteiger partial charge >= 0.3 is 0 Å². The predicted octanol–water partition coefficient (Wildman–Crippen LogP) is 17.2. The van der Waals surface area contributed by atoms with Crippen LogP contribution in [0.5, 0.6) is 0 Å². The molecule has 0 heterocycles. The molecule has 4 unspecified atom stereocenters. The summed E-state index contributed by atoms with van der Waals surface area (Å²) in [6.07, 6.45) is 4.35. The summed E-state index contributed by atoms with van der Waals surface area (Å²) in [5.74, 6) is 1.00. The summed E-state index contributed by atoms with van der Waals surface area (Å²) >= 11 is 0. The molecule has 0 aliphatic heterocycles. The second-order valence-corrected chi connectivity index (χ2v) is 20.1. The van der Waals surface area contributed by atoms with Crippen LogP contribution in [-0.4, -0.2) is 0 Å². The van der Waals surface area contributed by atoms with Crippen LogP contribution < -0.4 is 9.80 Å². The Bertz CT molecular complexity index is 3620. The zero-order chi connectivity index (χ0) is 47.9. The van der Waals surface area contributed by atoms with E-state index in [-0.39, 0.29) is 35.5 Å². The fourth-order valence-electron chi connectivity index (χ4n) is 13.6. The van der Waals surface area contributed by atoms with Crippen molar-refractivity contribution in [1.29, 1.82) is 0 Å². The van der Waals surface area contributed by atoms with Gasteiger partial charge in [-0.1, -0.05) is 166 Å². The molecule has 9 aromatic rings. The molecule has 14 rings (SSSR count). The molecule has 2 saturated carbocycles. The molecule has 0 N–H and O–H groups in total. The predicted molar refractivity (Wildman–Crippen MR) is 278 cm³/mol. The summed E-state index contributed by atoms with van der Waals surface area (Å²) in [6, 6.07) is 68.2. The zero-order valence-corrected chi connectivity index (χ0v) is 37.9. The highest BCUT2D eigenvalue weighted by Crippen LogP contribution is 2.65. The van der Waals surface area contributed by atoms with Crippen molar-refractivity contribution in [1.82, 2.24) is 0 Å². The lowest BCUT2D eigenvalue weighted by Crippen LogP contribution is -2.26. The van der Waals surface area contributed by atoms with E-state index in [4.69, 9.17) is 1.37 Å². The van der Waals surface area contributed by atoms with Crippen LogP contribution in [0.4, 0.5) is 34.1 Å². The van der Waals surface area contributed by atoms with Crippen LogP contribution in [0.25, 0.3) is 33.4 Å². The molecule has 67 heavy (non-hydrogen) atoms. The van der Waals surface area contributed by atoms with Crippen LogP contribution in [0.1, 0.15) is 89.9 Å². The van der Waals surface area contributed by atoms with Crippen LogP contribution in [0.15, 0.2) is 212 Å². The van der Waals surface area contributed by atoms with Gasteiger partial charge in [-0.25, -0.2) is 0 Å². The topological polar surface area (TPSA) is 6.48 Å². The number of hydrogen-bond acceptors (Lipinski definition) is 2. The third-order valence-electron chi connectivity index (χ3n) is 16.5. The molecule has 0 amide bonds. The summed E-state index contributed by atoms with van der Waals surface area (Å²) in [6.45, 7) is 4.61. The number of benzene rings is 9. The fraction of sp³-hybridized carbons (Fsp3) is 0.169. The Morgan fingerprint density at radius 1 is 0.418 bits per heavy atom. The van der Waals surface area contributed by atoms with Crippen LogP contribution in [0, 0.1) is 11.8 Å². The molecular formula is C65H52N2. The first kappa shape index (κ1) is 34.9. The van der Waals surface area contributed by atoms with E-state index in [1.54, 1.807) is 0 Å². The lowest BCUT2D eigenvalue weighted by molar-refractivity contribution is 0.420. The van der Waals surface area contributed by atoms with Gasteiger partial charge in [-0.15, -0.1) is 0 Å². The Morgan fingerprint density at radius 2 is 0.881 bits per heavy atom. The quantitative estimate of drug-likeness (QED) is 0.157. The molecule has 5 aliphatic carbocycles. The van der Waals surface area contributed by atoms with Gasteiger partial charge in [0.15, 0.2) is 0 Å². The first-order valence-corrected chi connectivity index (χ1v) is 24.2. The van der Waals surface area contributed by atoms with Gasteiger partial charge in [0, 0.05) is 39.5 Å². The van der Waals surface area contributed by atoms with E-state index < -0.39 is 5.41 Å². The summed E-state index contributed by atoms with van der Waals surface area (Å²) in [7, 11) is 0. The highest BCUT2D eigenvalue weighted by atomic mass is 15.2. The molecule has 2 bridgehead atoms. The molecule has 2 fully saturated rings. The second kappa shape index (κ2) is 14.5. The molecule has 9 aromatic carbocycles. The van der Waals surface area contributed by atoms with Gasteiger partial charge in [-0.3, -0.25) is 0 Å². The van der Waals surface area contributed by atoms with Gasteiger partial charge in [-0.05, 0) is 176 Å². The maximum atomic E-state index is 10.0. The van der Waals surface area contributed by atoms with Crippen molar-refractivity contribution in [3.63, 3.8) is 0 Å². The van der Waals surface area contributed by atoms with Crippen molar-refractivity contribution in [2.45, 2.75) is 56.3 Å². The smallest absolute Gasteiger partial charge is 0.0727 e. The third-order valence-corrected chi connectivity index (χ3v) is 16.5. The summed E-state index contributed by atoms with van der Waals surface area (Å²) in [4.78, 5) is 4.57. The average molecular weight is 865 g/mol. The molecule has 0 aromatic heterocycles. The first-order chi connectivity index (χ1) is 34.6. The largest absolute Gasteiger partial charge is 0.310 e. The van der Waals surface area contributed by atoms with Crippen molar-refractivity contribution in [2.75, 3.05) is 9.80 Å². The molecule has 5 aliphatic rings. The minimum atomic E-state index is -0.709. The van der Waals surface area contributed by atoms with Crippen LogP contribution in [-0.2, 0) is 10.8 Å². The average Bonchev–Trinajstić information content (AvgIpc) is 4.23. The minimum absolute atomic E-state index is 0.00781. The van der Waals surface area contributed by atoms with Crippen molar-refractivity contribution >= 4 is 34.1 Å². The monoisotopic (exact) mass is 864 g/mol. The molecule has 2 nitrogen and oxygen atoms in total. The molecule has 4 atom stereocenters. The number of nitrogens with zero attached hydrogens (tertiary/aromatic N) is 2. The van der Waals surface area contributed by atoms with Crippen LogP contribution in [0.3, 0.4) is 0 Å². The van der Waals surface area contributed by atoms with Crippen molar-refractivity contribution in [3.05, 3.63) is 251 Å². The number of anilines is 6. The van der Waals surface area contributed by atoms with Crippen molar-refractivity contribution in [2.24, 2.45) is 11.8 Å². The lowest BCUT2D eigenvalue weighted by atomic mass is 9.70. The normalized spacial score (nSPS) is 21.3. The zero-order valence-electron chi connectivity index (χ0n) is 41.9. The van der Waals surface area contributed by atoms with Gasteiger partial charge < -0.3 is 9.80 Å². The third kappa shape index (κ3) is 5.50. The minimum Gasteiger partial charge on any atom is -0.310 e. The fourth-order valence-corrected chi connectivity index (χ4v) is 13.6. The van der Waals surface area contributed by atoms with E-state index in [0.717, 1.165) is 64.4 Å². The second-order valence-electron chi connectivity index (χ2n) is 20.1. The van der Waals surface area contributed by atoms with E-state index in [9.17, 15) is 4.11 Å². The van der Waals surface area contributed by atoms with Crippen molar-refractivity contribution < 1.29 is 5.48 Å². The molecule has 2 heteroatoms. The molecule has 322 valence electrons. The molecule has 0 saturated heterocycles. The lowest BCUT2D eigenvalue weighted by Gasteiger charge is -2.35. The number of para-hydroxylation sites is 3. The molecule has 1 spiro atoms. The van der Waals surface area contributed by atoms with E-state index in [1.165, 1.54) is 62.1 Å². The van der Waals surface area contributed by atoms with Crippen LogP contribution >= 0.6 is 0 Å². The number of rotatable bonds is 7. The Kier molecular flexibility index (Phi) is 7.57. The number of fused-ring (bicyclic) bond motifs is 15. The maximum Gasteiger partial charge on any atom is 0.0727 e. The van der Waals surface area contributed by atoms with Gasteiger partial charge in [0.25, 0.3) is 0 Å². The van der Waals surface area contributed by atoms with Crippen molar-refractivity contribution in [3.8, 4) is 33.4 Å². The Labute approximate surface area is 400 Å². The number of hydrogen-bond donors (Lipinski definition) is 0. The summed E-state index contributed by atoms with van der Waals surface area (Å²) < 4.78 is 38.3. The van der Waals surface area contributed by atoms with Gasteiger partial charge in [0.05, 0.1) is 10.9 Å². The first-order valence-electron chi connectivity index (χ1n) is 26.2. The van der Waals surface area contributed by atoms with Crippen LogP contribution in [0.2, 0.25) is 0 Å². The highest BCUT2D eigenvalue weighted by molar-refractivity contribution is 5.98. The Hall–Kier alpha value is -7.42. The standard InChI is InChI=1S/C65H52N2/c1-64(2)57-25-13-9-21-49(57)52-34-32-47(39-60(52)64)67(63-28-16-12-24-55(63)56-38-42-29-30-43(56)37-42)48-33-36-54-51-23-11-15-27-59(51)65(62(54)41-48)58-26-14-10-22-50(58)53-35-31-46(40-61(53)65)66(44-17-5-3-6-18-44)45-19-7-4-8-20-45/h3-28,31-36,39-43,56H,29-30,37-38H2,1-2H3/i12D,16D,24D,28D. The summed E-state index contributed by atoms with van der Waals surface area (Å²) in [5.41, 5.74) is 19.8. The molecular weight excluding hydrogens is 809 g/mol. The van der Waals surface area contributed by atoms with E-state index >= 15 is 0 Å². The van der Waals surface area contributed by atoms with E-state index in [2.05, 4.69) is 212 Å². The maximum absolute atomic E-state index is 10.0. The van der Waals surface area contributed by atoms with E-state index in [1.807, 2.05) is 0 Å². The van der Waals surface area contributed by atoms with E-state index in [0.29, 0.717) is 17.5 Å². The summed E-state index contributed by atoms with van der Waals surface area (Å²) in [5, 5.41) is 0. The van der Waals surface area contributed by atoms with Gasteiger partial charge in [0.1, 0.15) is 0 Å². The Balaban J connectivity index is 1.05. The van der Waals surface area contributed by atoms with Gasteiger partial charge in [0.2, 0.25) is 0 Å². The SMILES string of the molecule is [2H]c1c([2H])c([2H])c(N(c2ccc3c(c2)C(C)(C)c2ccccc2-3)c2ccc3c(c2)C2(c4ccccc4-c4ccc(N(c5ccccc5)c5ccccc5)cc42)c2ccccc2-3)c(C2CC3CCC2C3)c1[2H].